The van der Waals surface area contributed by atoms with Gasteiger partial charge in [0.05, 0.1) is 12.4 Å². The number of nitrogens with one attached hydrogen (secondary N) is 1. The maximum Gasteiger partial charge on any atom is 0.346 e. The zero-order valence-electron chi connectivity index (χ0n) is 24.3. The SMILES string of the molecule is CCCCCCCCCCCCCCCCCCNC(=O)/C(C(=O)OCC)=C1\SCC(=O)N1c1ccccc1. The Kier molecular flexibility index (Phi) is 17.4. The Bertz CT molecular complexity index is 887. The van der Waals surface area contributed by atoms with Gasteiger partial charge in [0.25, 0.3) is 5.91 Å². The Morgan fingerprint density at radius 3 is 1.82 bits per heavy atom. The van der Waals surface area contributed by atoms with Crippen molar-refractivity contribution in [3.8, 4) is 0 Å². The lowest BCUT2D eigenvalue weighted by Gasteiger charge is -2.20. The van der Waals surface area contributed by atoms with Crippen molar-refractivity contribution in [1.29, 1.82) is 0 Å². The third-order valence-electron chi connectivity index (χ3n) is 7.04. The van der Waals surface area contributed by atoms with Crippen LogP contribution in [0.3, 0.4) is 0 Å². The predicted molar refractivity (Wildman–Crippen MR) is 163 cm³/mol. The van der Waals surface area contributed by atoms with Gasteiger partial charge in [-0.2, -0.15) is 0 Å². The van der Waals surface area contributed by atoms with Gasteiger partial charge in [-0.05, 0) is 25.5 Å². The largest absolute Gasteiger partial charge is 0.462 e. The van der Waals surface area contributed by atoms with E-state index in [0.29, 0.717) is 17.3 Å². The predicted octanol–water partition coefficient (Wildman–Crippen LogP) is 7.92. The molecule has 0 atom stereocenters. The van der Waals surface area contributed by atoms with E-state index in [9.17, 15) is 14.4 Å². The number of unbranched alkanes of at least 4 members (excludes halogenated alkanes) is 15. The molecule has 39 heavy (non-hydrogen) atoms. The number of amides is 2. The summed E-state index contributed by atoms with van der Waals surface area (Å²) in [7, 11) is 0. The van der Waals surface area contributed by atoms with E-state index in [2.05, 4.69) is 12.2 Å². The third kappa shape index (κ3) is 12.6. The van der Waals surface area contributed by atoms with Crippen molar-refractivity contribution in [2.45, 2.75) is 117 Å². The topological polar surface area (TPSA) is 75.7 Å². The minimum atomic E-state index is -0.694. The maximum atomic E-state index is 13.1. The summed E-state index contributed by atoms with van der Waals surface area (Å²) in [5.74, 6) is -1.15. The fourth-order valence-electron chi connectivity index (χ4n) is 4.84. The van der Waals surface area contributed by atoms with Crippen LogP contribution in [0.15, 0.2) is 40.9 Å². The Morgan fingerprint density at radius 1 is 0.795 bits per heavy atom. The highest BCUT2D eigenvalue weighted by atomic mass is 32.2. The van der Waals surface area contributed by atoms with Gasteiger partial charge in [-0.15, -0.1) is 0 Å². The van der Waals surface area contributed by atoms with E-state index in [1.165, 1.54) is 100 Å². The molecule has 6 nitrogen and oxygen atoms in total. The van der Waals surface area contributed by atoms with E-state index < -0.39 is 11.9 Å². The highest BCUT2D eigenvalue weighted by Gasteiger charge is 2.36. The van der Waals surface area contributed by atoms with E-state index in [0.717, 1.165) is 19.3 Å². The number of anilines is 1. The molecule has 0 spiro atoms. The van der Waals surface area contributed by atoms with Gasteiger partial charge < -0.3 is 10.1 Å². The van der Waals surface area contributed by atoms with Crippen molar-refractivity contribution in [1.82, 2.24) is 5.32 Å². The molecule has 1 aromatic carbocycles. The van der Waals surface area contributed by atoms with Gasteiger partial charge in [0.15, 0.2) is 5.57 Å². The molecular weight excluding hydrogens is 508 g/mol. The standard InChI is InChI=1S/C32H50N2O4S/c1-3-5-6-7-8-9-10-11-12-13-14-15-16-17-18-22-25-33-30(36)29(32(37)38-4-2)31-34(28(35)26-39-31)27-23-20-19-21-24-27/h19-21,23-24H,3-18,22,25-26H2,1-2H3,(H,33,36)/b31-29+. The molecule has 2 amide bonds. The minimum Gasteiger partial charge on any atom is -0.462 e. The van der Waals surface area contributed by atoms with Crippen LogP contribution in [0.25, 0.3) is 0 Å². The van der Waals surface area contributed by atoms with Crippen LogP contribution in [0.5, 0.6) is 0 Å². The van der Waals surface area contributed by atoms with Gasteiger partial charge in [-0.1, -0.05) is 133 Å². The molecule has 1 N–H and O–H groups in total. The smallest absolute Gasteiger partial charge is 0.346 e. The van der Waals surface area contributed by atoms with Crippen LogP contribution in [-0.4, -0.2) is 36.7 Å². The normalized spacial score (nSPS) is 14.5. The van der Waals surface area contributed by atoms with Crippen molar-refractivity contribution in [2.75, 3.05) is 23.8 Å². The molecule has 0 radical (unpaired) electrons. The minimum absolute atomic E-state index is 0.0898. The first-order valence-electron chi connectivity index (χ1n) is 15.3. The summed E-state index contributed by atoms with van der Waals surface area (Å²) in [6, 6.07) is 9.09. The quantitative estimate of drug-likeness (QED) is 0.0545. The second kappa shape index (κ2) is 20.6. The monoisotopic (exact) mass is 558 g/mol. The molecule has 2 rings (SSSR count). The van der Waals surface area contributed by atoms with E-state index in [4.69, 9.17) is 4.74 Å². The second-order valence-corrected chi connectivity index (χ2v) is 11.3. The lowest BCUT2D eigenvalue weighted by Crippen LogP contribution is -2.34. The Labute approximate surface area is 240 Å². The molecule has 0 aliphatic carbocycles. The summed E-state index contributed by atoms with van der Waals surface area (Å²) in [5, 5.41) is 3.23. The lowest BCUT2D eigenvalue weighted by molar-refractivity contribution is -0.140. The first-order chi connectivity index (χ1) is 19.1. The molecule has 1 aromatic rings. The maximum absolute atomic E-state index is 13.1. The average Bonchev–Trinajstić information content (AvgIpc) is 3.31. The van der Waals surface area contributed by atoms with E-state index in [1.807, 2.05) is 18.2 Å². The van der Waals surface area contributed by atoms with Crippen LogP contribution < -0.4 is 10.2 Å². The number of para-hydroxylation sites is 1. The van der Waals surface area contributed by atoms with Crippen molar-refractivity contribution >= 4 is 35.2 Å². The zero-order chi connectivity index (χ0) is 28.1. The number of hydrogen-bond acceptors (Lipinski definition) is 5. The summed E-state index contributed by atoms with van der Waals surface area (Å²) in [6.07, 6.45) is 20.7. The summed E-state index contributed by atoms with van der Waals surface area (Å²) in [5.41, 5.74) is 0.544. The van der Waals surface area contributed by atoms with Gasteiger partial charge in [0.2, 0.25) is 5.91 Å². The Hall–Kier alpha value is -2.28. The number of ether oxygens (including phenoxy) is 1. The van der Waals surface area contributed by atoms with Crippen molar-refractivity contribution < 1.29 is 19.1 Å². The van der Waals surface area contributed by atoms with Gasteiger partial charge in [-0.25, -0.2) is 4.79 Å². The Morgan fingerprint density at radius 2 is 1.31 bits per heavy atom. The molecular formula is C32H50N2O4S. The van der Waals surface area contributed by atoms with E-state index in [1.54, 1.807) is 19.1 Å². The molecule has 7 heteroatoms. The number of thioether (sulfide) groups is 1. The van der Waals surface area contributed by atoms with Gasteiger partial charge in [-0.3, -0.25) is 14.5 Å². The number of hydrogen-bond donors (Lipinski definition) is 1. The van der Waals surface area contributed by atoms with Gasteiger partial charge in [0.1, 0.15) is 5.03 Å². The van der Waals surface area contributed by atoms with Crippen LogP contribution in [0.1, 0.15) is 117 Å². The number of esters is 1. The van der Waals surface area contributed by atoms with Crippen molar-refractivity contribution in [3.05, 3.63) is 40.9 Å². The van der Waals surface area contributed by atoms with Crippen LogP contribution in [0.2, 0.25) is 0 Å². The highest BCUT2D eigenvalue weighted by molar-refractivity contribution is 8.04. The number of nitrogens with zero attached hydrogens (tertiary/aromatic N) is 1. The molecule has 1 fully saturated rings. The number of carbonyl (C=O) groups is 3. The van der Waals surface area contributed by atoms with Crippen LogP contribution >= 0.6 is 11.8 Å². The molecule has 218 valence electrons. The highest BCUT2D eigenvalue weighted by Crippen LogP contribution is 2.36. The lowest BCUT2D eigenvalue weighted by atomic mass is 10.0. The van der Waals surface area contributed by atoms with Crippen LogP contribution in [-0.2, 0) is 19.1 Å². The first kappa shape index (κ1) is 32.9. The Balaban J connectivity index is 1.65. The molecule has 0 unspecified atom stereocenters. The molecule has 0 bridgehead atoms. The molecule has 0 aromatic heterocycles. The summed E-state index contributed by atoms with van der Waals surface area (Å²) in [6.45, 7) is 4.63. The molecule has 1 saturated heterocycles. The summed E-state index contributed by atoms with van der Waals surface area (Å²) < 4.78 is 5.18. The zero-order valence-corrected chi connectivity index (χ0v) is 25.1. The second-order valence-electron chi connectivity index (χ2n) is 10.3. The van der Waals surface area contributed by atoms with Crippen LogP contribution in [0, 0.1) is 0 Å². The third-order valence-corrected chi connectivity index (χ3v) is 8.09. The number of carbonyl (C=O) groups excluding carboxylic acids is 3. The number of rotatable bonds is 21. The van der Waals surface area contributed by atoms with E-state index in [-0.39, 0.29) is 23.8 Å². The van der Waals surface area contributed by atoms with Crippen molar-refractivity contribution in [3.63, 3.8) is 0 Å². The number of benzene rings is 1. The summed E-state index contributed by atoms with van der Waals surface area (Å²) in [4.78, 5) is 39.9. The van der Waals surface area contributed by atoms with Crippen LogP contribution in [0.4, 0.5) is 5.69 Å². The van der Waals surface area contributed by atoms with Gasteiger partial charge in [0, 0.05) is 12.2 Å². The van der Waals surface area contributed by atoms with Gasteiger partial charge >= 0.3 is 5.97 Å². The average molecular weight is 559 g/mol. The fourth-order valence-corrected chi connectivity index (χ4v) is 5.88. The molecule has 0 saturated carbocycles. The van der Waals surface area contributed by atoms with E-state index >= 15 is 0 Å². The molecule has 1 aliphatic heterocycles. The fraction of sp³-hybridized carbons (Fsp3) is 0.656. The summed E-state index contributed by atoms with van der Waals surface area (Å²) >= 11 is 1.20. The molecule has 1 heterocycles. The van der Waals surface area contributed by atoms with Crippen molar-refractivity contribution in [2.24, 2.45) is 0 Å². The first-order valence-corrected chi connectivity index (χ1v) is 16.3. The molecule has 1 aliphatic rings.